The van der Waals surface area contributed by atoms with E-state index in [4.69, 9.17) is 5.73 Å². The van der Waals surface area contributed by atoms with Crippen LogP contribution in [-0.2, 0) is 44.8 Å². The molecule has 1 aromatic carbocycles. The Balaban J connectivity index is 2.38. The minimum absolute atomic E-state index is 0.194. The van der Waals surface area contributed by atoms with Crippen molar-refractivity contribution >= 4 is 70.9 Å². The Hall–Kier alpha value is -5.17. The number of aliphatic hydroxyl groups is 1. The molecule has 19 heteroatoms. The van der Waals surface area contributed by atoms with Gasteiger partial charge in [-0.3, -0.25) is 38.4 Å². The van der Waals surface area contributed by atoms with E-state index in [0.29, 0.717) is 22.9 Å². The molecule has 0 unspecified atom stereocenters. The van der Waals surface area contributed by atoms with Gasteiger partial charge in [-0.15, -0.1) is 0 Å². The highest BCUT2D eigenvalue weighted by Gasteiger charge is 2.35. The number of fused-ring (bicyclic) bond motifs is 1. The molecule has 0 bridgehead atoms. The molecular weight excluding hydrogens is 712 g/mol. The number of nitrogens with two attached hydrogens (primary N) is 1. The van der Waals surface area contributed by atoms with Crippen molar-refractivity contribution in [2.75, 3.05) is 12.4 Å². The number of aromatic amines is 1. The maximum Gasteiger partial charge on any atom is 0.305 e. The van der Waals surface area contributed by atoms with Crippen LogP contribution in [0.25, 0.3) is 10.9 Å². The molecule has 53 heavy (non-hydrogen) atoms. The lowest BCUT2D eigenvalue weighted by atomic mass is 9.96. The molecule has 0 aliphatic heterocycles. The second-order valence-corrected chi connectivity index (χ2v) is 13.3. The average Bonchev–Trinajstić information content (AvgIpc) is 3.51. The van der Waals surface area contributed by atoms with Crippen LogP contribution in [0.1, 0.15) is 53.0 Å². The molecular formula is C34H50N8O10S. The topological polar surface area (TPSA) is 291 Å². The Bertz CT molecular complexity index is 1650. The number of carbonyl (C=O) groups is 8. The van der Waals surface area contributed by atoms with Crippen LogP contribution in [0, 0.1) is 11.8 Å². The summed E-state index contributed by atoms with van der Waals surface area (Å²) in [6.07, 6.45) is 1.04. The molecule has 2 rings (SSSR count). The van der Waals surface area contributed by atoms with Gasteiger partial charge in [0, 0.05) is 36.2 Å². The molecule has 11 N–H and O–H groups in total. The number of nitrogens with one attached hydrogen (secondary N) is 7. The second-order valence-electron chi connectivity index (χ2n) is 13.0. The van der Waals surface area contributed by atoms with Gasteiger partial charge in [0.1, 0.15) is 36.3 Å². The first-order valence-electron chi connectivity index (χ1n) is 17.0. The number of carbonyl (C=O) groups excluding carboxylic acids is 7. The highest BCUT2D eigenvalue weighted by Crippen LogP contribution is 2.19. The number of H-pyrrole nitrogens is 1. The number of benzene rings is 1. The van der Waals surface area contributed by atoms with E-state index in [9.17, 15) is 48.6 Å². The van der Waals surface area contributed by atoms with Gasteiger partial charge in [-0.25, -0.2) is 0 Å². The van der Waals surface area contributed by atoms with Crippen molar-refractivity contribution in [2.45, 2.75) is 90.1 Å². The Morgan fingerprint density at radius 2 is 1.32 bits per heavy atom. The summed E-state index contributed by atoms with van der Waals surface area (Å²) in [7, 11) is 0. The number of hydrogen-bond donors (Lipinski definition) is 11. The highest BCUT2D eigenvalue weighted by molar-refractivity contribution is 7.80. The van der Waals surface area contributed by atoms with Crippen LogP contribution >= 0.6 is 12.6 Å². The summed E-state index contributed by atoms with van der Waals surface area (Å²) in [5.41, 5.74) is 6.52. The van der Waals surface area contributed by atoms with Crippen molar-refractivity contribution in [1.82, 2.24) is 36.9 Å². The number of aliphatic hydroxyl groups excluding tert-OH is 1. The van der Waals surface area contributed by atoms with E-state index in [0.717, 1.165) is 0 Å². The molecule has 1 aromatic heterocycles. The summed E-state index contributed by atoms with van der Waals surface area (Å²) in [5, 5.41) is 35.0. The molecule has 0 aliphatic rings. The highest BCUT2D eigenvalue weighted by atomic mass is 32.1. The number of aliphatic carboxylic acids is 1. The lowest BCUT2D eigenvalue weighted by Crippen LogP contribution is -2.61. The lowest BCUT2D eigenvalue weighted by Gasteiger charge is -2.29. The normalized spacial score (nSPS) is 15.1. The van der Waals surface area contributed by atoms with Crippen molar-refractivity contribution in [3.63, 3.8) is 0 Å². The van der Waals surface area contributed by atoms with E-state index in [1.54, 1.807) is 51.2 Å². The number of amides is 7. The van der Waals surface area contributed by atoms with E-state index in [-0.39, 0.29) is 18.1 Å². The summed E-state index contributed by atoms with van der Waals surface area (Å²) in [6.45, 7) is 7.21. The number of rotatable bonds is 21. The maximum atomic E-state index is 13.8. The molecule has 0 fully saturated rings. The van der Waals surface area contributed by atoms with E-state index in [2.05, 4.69) is 49.5 Å². The Kier molecular flexibility index (Phi) is 17.2. The Morgan fingerprint density at radius 1 is 0.774 bits per heavy atom. The van der Waals surface area contributed by atoms with E-state index in [1.165, 1.54) is 6.92 Å². The molecule has 0 saturated heterocycles. The third kappa shape index (κ3) is 13.1. The number of primary amides is 1. The van der Waals surface area contributed by atoms with E-state index in [1.807, 2.05) is 6.92 Å². The Labute approximate surface area is 311 Å². The summed E-state index contributed by atoms with van der Waals surface area (Å²) in [6, 6.07) is -1.21. The number of hydrogen-bond acceptors (Lipinski definition) is 10. The number of para-hydroxylation sites is 1. The molecule has 0 spiro atoms. The fraction of sp³-hybridized carbons (Fsp3) is 0.529. The monoisotopic (exact) mass is 762 g/mol. The van der Waals surface area contributed by atoms with Crippen LogP contribution in [-0.4, -0.2) is 111 Å². The summed E-state index contributed by atoms with van der Waals surface area (Å²) >= 11 is 3.96. The minimum atomic E-state index is -1.72. The smallest absolute Gasteiger partial charge is 0.305 e. The zero-order valence-electron chi connectivity index (χ0n) is 30.2. The lowest BCUT2D eigenvalue weighted by molar-refractivity contribution is -0.141. The average molecular weight is 763 g/mol. The number of thiol groups is 1. The van der Waals surface area contributed by atoms with Gasteiger partial charge < -0.3 is 52.8 Å². The van der Waals surface area contributed by atoms with Crippen molar-refractivity contribution in [3.05, 3.63) is 36.0 Å². The van der Waals surface area contributed by atoms with Crippen LogP contribution < -0.4 is 37.6 Å². The molecule has 0 saturated carbocycles. The number of carboxylic acid groups (broad SMARTS) is 1. The van der Waals surface area contributed by atoms with Gasteiger partial charge in [-0.2, -0.15) is 12.6 Å². The number of carboxylic acids is 1. The SMILES string of the molecule is CC[C@H](C)[C@H](NC(C)=O)C(=O)N[C@H](C(=O)N[C@@H](CO)C(=O)N[C@@H](Cc1c[nH]c2ccccc12)C(=O)N[C@@H](CC(=O)O)C(=O)N[C@@H](CS)C(N)=O)C(C)C. The predicted molar refractivity (Wildman–Crippen MR) is 196 cm³/mol. The molecule has 0 radical (unpaired) electrons. The third-order valence-corrected chi connectivity index (χ3v) is 8.87. The quantitative estimate of drug-likeness (QED) is 0.0636. The van der Waals surface area contributed by atoms with Crippen molar-refractivity contribution in [2.24, 2.45) is 17.6 Å². The van der Waals surface area contributed by atoms with Crippen LogP contribution in [0.5, 0.6) is 0 Å². The summed E-state index contributed by atoms with van der Waals surface area (Å²) in [5.74, 6) is -8.39. The Morgan fingerprint density at radius 3 is 1.87 bits per heavy atom. The van der Waals surface area contributed by atoms with Crippen LogP contribution in [0.2, 0.25) is 0 Å². The molecule has 1 heterocycles. The van der Waals surface area contributed by atoms with Gasteiger partial charge in [0.25, 0.3) is 0 Å². The standard InChI is InChI=1S/C34H50N8O10S/c1-6-17(4)28(37-18(5)44)34(52)42-27(16(2)3)33(51)40-24(14-43)32(50)38-22(11-19-13-36-21-10-8-7-9-20(19)21)30(48)39-23(12-26(45)46)31(49)41-25(15-53)29(35)47/h7-10,13,16-17,22-25,27-28,36,43,53H,6,11-12,14-15H2,1-5H3,(H2,35,47)(H,37,44)(H,38,50)(H,39,48)(H,40,51)(H,41,49)(H,42,52)(H,45,46)/t17-,22-,23-,24-,25-,27-,28-/m0/s1. The summed E-state index contributed by atoms with van der Waals surface area (Å²) in [4.78, 5) is 105. The summed E-state index contributed by atoms with van der Waals surface area (Å²) < 4.78 is 0. The largest absolute Gasteiger partial charge is 0.481 e. The molecule has 292 valence electrons. The first-order valence-corrected chi connectivity index (χ1v) is 17.6. The first-order chi connectivity index (χ1) is 24.9. The zero-order chi connectivity index (χ0) is 40.0. The van der Waals surface area contributed by atoms with Crippen LogP contribution in [0.4, 0.5) is 0 Å². The maximum absolute atomic E-state index is 13.8. The second kappa shape index (κ2) is 20.8. The van der Waals surface area contributed by atoms with Crippen molar-refractivity contribution in [1.29, 1.82) is 0 Å². The molecule has 2 aromatic rings. The van der Waals surface area contributed by atoms with Gasteiger partial charge in [0.15, 0.2) is 0 Å². The van der Waals surface area contributed by atoms with E-state index < -0.39 is 103 Å². The molecule has 7 atom stereocenters. The number of aromatic nitrogens is 1. The first kappa shape index (κ1) is 44.0. The van der Waals surface area contributed by atoms with Gasteiger partial charge >= 0.3 is 5.97 Å². The zero-order valence-corrected chi connectivity index (χ0v) is 31.1. The molecule has 7 amide bonds. The molecule has 0 aliphatic carbocycles. The van der Waals surface area contributed by atoms with Crippen molar-refractivity contribution in [3.8, 4) is 0 Å². The van der Waals surface area contributed by atoms with Gasteiger partial charge in [-0.05, 0) is 23.5 Å². The van der Waals surface area contributed by atoms with Crippen molar-refractivity contribution < 1.29 is 48.6 Å². The van der Waals surface area contributed by atoms with Gasteiger partial charge in [-0.1, -0.05) is 52.3 Å². The predicted octanol–water partition coefficient (Wildman–Crippen LogP) is -1.78. The third-order valence-electron chi connectivity index (χ3n) is 8.50. The van der Waals surface area contributed by atoms with Crippen LogP contribution in [0.3, 0.4) is 0 Å². The van der Waals surface area contributed by atoms with Gasteiger partial charge in [0.2, 0.25) is 41.4 Å². The molecule has 18 nitrogen and oxygen atoms in total. The minimum Gasteiger partial charge on any atom is -0.481 e. The van der Waals surface area contributed by atoms with Gasteiger partial charge in [0.05, 0.1) is 13.0 Å². The fourth-order valence-corrected chi connectivity index (χ4v) is 5.56. The van der Waals surface area contributed by atoms with E-state index >= 15 is 0 Å². The fourth-order valence-electron chi connectivity index (χ4n) is 5.29. The van der Waals surface area contributed by atoms with Crippen LogP contribution in [0.15, 0.2) is 30.5 Å².